The maximum atomic E-state index is 12.5. The van der Waals surface area contributed by atoms with Crippen LogP contribution in [0.3, 0.4) is 0 Å². The Bertz CT molecular complexity index is 1390. The quantitative estimate of drug-likeness (QED) is 0.288. The molecule has 0 fully saturated rings. The van der Waals surface area contributed by atoms with Crippen molar-refractivity contribution < 1.29 is 23.6 Å². The molecule has 1 amide bonds. The number of rotatable bonds is 9. The van der Waals surface area contributed by atoms with E-state index in [1.807, 2.05) is 0 Å². The van der Waals surface area contributed by atoms with E-state index >= 15 is 0 Å². The summed E-state index contributed by atoms with van der Waals surface area (Å²) in [5.74, 6) is 0.521. The van der Waals surface area contributed by atoms with E-state index in [0.29, 0.717) is 29.1 Å². The predicted octanol–water partition coefficient (Wildman–Crippen LogP) is 4.12. The van der Waals surface area contributed by atoms with Gasteiger partial charge < -0.3 is 19.2 Å². The Morgan fingerprint density at radius 3 is 2.68 bits per heavy atom. The van der Waals surface area contributed by atoms with Crippen LogP contribution in [0.5, 0.6) is 17.4 Å². The number of oxazole rings is 1. The summed E-state index contributed by atoms with van der Waals surface area (Å²) < 4.78 is 17.3. The molecule has 0 atom stereocenters. The smallest absolute Gasteiger partial charge is 0.419 e. The van der Waals surface area contributed by atoms with Crippen LogP contribution in [0.4, 0.5) is 11.4 Å². The van der Waals surface area contributed by atoms with Crippen molar-refractivity contribution in [3.8, 4) is 17.4 Å². The first kappa shape index (κ1) is 22.5. The van der Waals surface area contributed by atoms with Crippen LogP contribution in [0.2, 0.25) is 0 Å². The summed E-state index contributed by atoms with van der Waals surface area (Å²) in [5.41, 5.74) is 0.788. The zero-order chi connectivity index (χ0) is 24.1. The van der Waals surface area contributed by atoms with E-state index in [0.717, 1.165) is 0 Å². The number of methoxy groups -OCH3 is 1. The van der Waals surface area contributed by atoms with Crippen LogP contribution in [0.15, 0.2) is 70.0 Å². The average Bonchev–Trinajstić information content (AvgIpc) is 3.15. The largest absolute Gasteiger partial charge is 0.497 e. The molecule has 0 bridgehead atoms. The van der Waals surface area contributed by atoms with Gasteiger partial charge in [-0.2, -0.15) is 0 Å². The van der Waals surface area contributed by atoms with Gasteiger partial charge in [-0.15, -0.1) is 0 Å². The lowest BCUT2D eigenvalue weighted by molar-refractivity contribution is -0.384. The molecule has 4 aromatic rings. The molecule has 2 aromatic heterocycles. The number of carbonyl (C=O) groups excluding carboxylic acids is 1. The molecule has 0 saturated carbocycles. The highest BCUT2D eigenvalue weighted by atomic mass is 16.6. The van der Waals surface area contributed by atoms with E-state index in [9.17, 15) is 19.7 Å². The molecule has 1 N–H and O–H groups in total. The average molecular weight is 464 g/mol. The van der Waals surface area contributed by atoms with E-state index in [1.165, 1.54) is 22.8 Å². The molecule has 11 heteroatoms. The molecular formula is C23H20N4O7. The number of nitro groups is 1. The normalized spacial score (nSPS) is 10.7. The van der Waals surface area contributed by atoms with Crippen LogP contribution in [0.1, 0.15) is 12.8 Å². The van der Waals surface area contributed by atoms with Crippen LogP contribution in [-0.2, 0) is 11.3 Å². The number of aromatic nitrogens is 2. The SMILES string of the molecule is COc1ccc(Oc2ncccc2NC(=O)CCCn2c(=O)oc3cc([N+](=O)[O-])ccc32)cc1. The molecule has 11 nitrogen and oxygen atoms in total. The van der Waals surface area contributed by atoms with Crippen molar-refractivity contribution in [2.24, 2.45) is 0 Å². The van der Waals surface area contributed by atoms with Crippen LogP contribution in [0, 0.1) is 10.1 Å². The zero-order valence-corrected chi connectivity index (χ0v) is 18.1. The summed E-state index contributed by atoms with van der Waals surface area (Å²) in [6.07, 6.45) is 2.00. The number of anilines is 1. The van der Waals surface area contributed by atoms with Crippen LogP contribution < -0.4 is 20.5 Å². The topological polar surface area (TPSA) is 139 Å². The molecule has 0 saturated heterocycles. The monoisotopic (exact) mass is 464 g/mol. The molecule has 0 unspecified atom stereocenters. The van der Waals surface area contributed by atoms with Gasteiger partial charge in [0.25, 0.3) is 5.69 Å². The summed E-state index contributed by atoms with van der Waals surface area (Å²) >= 11 is 0. The summed E-state index contributed by atoms with van der Waals surface area (Å²) in [4.78, 5) is 39.2. The molecule has 2 heterocycles. The number of hydrogen-bond donors (Lipinski definition) is 1. The fourth-order valence-corrected chi connectivity index (χ4v) is 3.31. The Balaban J connectivity index is 1.38. The van der Waals surface area contributed by atoms with Crippen LogP contribution in [-0.4, -0.2) is 27.5 Å². The number of carbonyl (C=O) groups is 1. The predicted molar refractivity (Wildman–Crippen MR) is 122 cm³/mol. The highest BCUT2D eigenvalue weighted by Crippen LogP contribution is 2.28. The molecular weight excluding hydrogens is 444 g/mol. The number of nitrogens with one attached hydrogen (secondary N) is 1. The molecule has 0 aliphatic heterocycles. The standard InChI is InChI=1S/C23H20N4O7/c1-32-16-7-9-17(10-8-16)33-22-18(4-2-12-24-22)25-21(28)5-3-13-26-19-11-6-15(27(30)31)14-20(19)34-23(26)29/h2,4,6-12,14H,3,5,13H2,1H3,(H,25,28). The lowest BCUT2D eigenvalue weighted by Gasteiger charge is -2.11. The summed E-state index contributed by atoms with van der Waals surface area (Å²) in [5, 5.41) is 13.7. The molecule has 0 aliphatic carbocycles. The fourth-order valence-electron chi connectivity index (χ4n) is 3.31. The molecule has 0 radical (unpaired) electrons. The lowest BCUT2D eigenvalue weighted by atomic mass is 10.2. The summed E-state index contributed by atoms with van der Waals surface area (Å²) in [6, 6.07) is 14.2. The third kappa shape index (κ3) is 5.04. The fraction of sp³-hybridized carbons (Fsp3) is 0.174. The number of fused-ring (bicyclic) bond motifs is 1. The van der Waals surface area contributed by atoms with Gasteiger partial charge in [0.1, 0.15) is 17.2 Å². The minimum absolute atomic E-state index is 0.114. The van der Waals surface area contributed by atoms with Crippen molar-refractivity contribution in [1.82, 2.24) is 9.55 Å². The highest BCUT2D eigenvalue weighted by Gasteiger charge is 2.15. The minimum Gasteiger partial charge on any atom is -0.497 e. The number of benzene rings is 2. The van der Waals surface area contributed by atoms with Crippen molar-refractivity contribution in [2.75, 3.05) is 12.4 Å². The molecule has 0 spiro atoms. The van der Waals surface area contributed by atoms with Gasteiger partial charge in [0, 0.05) is 25.2 Å². The molecule has 4 rings (SSSR count). The molecule has 0 aliphatic rings. The number of pyridine rings is 1. The van der Waals surface area contributed by atoms with Gasteiger partial charge >= 0.3 is 5.76 Å². The molecule has 174 valence electrons. The van der Waals surface area contributed by atoms with Gasteiger partial charge in [-0.25, -0.2) is 9.78 Å². The third-order valence-corrected chi connectivity index (χ3v) is 4.97. The maximum absolute atomic E-state index is 12.5. The van der Waals surface area contributed by atoms with Gasteiger partial charge in [-0.05, 0) is 48.9 Å². The number of non-ortho nitro benzene ring substituents is 1. The lowest BCUT2D eigenvalue weighted by Crippen LogP contribution is -2.17. The second-order valence-electron chi connectivity index (χ2n) is 7.21. The van der Waals surface area contributed by atoms with Gasteiger partial charge in [0.2, 0.25) is 11.8 Å². The summed E-state index contributed by atoms with van der Waals surface area (Å²) in [7, 11) is 1.57. The van der Waals surface area contributed by atoms with Gasteiger partial charge in [0.15, 0.2) is 5.58 Å². The van der Waals surface area contributed by atoms with Crippen LogP contribution >= 0.6 is 0 Å². The van der Waals surface area contributed by atoms with Crippen molar-refractivity contribution in [1.29, 1.82) is 0 Å². The number of nitrogens with zero attached hydrogens (tertiary/aromatic N) is 3. The number of ether oxygens (including phenoxy) is 2. The van der Waals surface area contributed by atoms with Gasteiger partial charge in [-0.1, -0.05) is 0 Å². The maximum Gasteiger partial charge on any atom is 0.419 e. The Morgan fingerprint density at radius 2 is 1.94 bits per heavy atom. The minimum atomic E-state index is -0.640. The zero-order valence-electron chi connectivity index (χ0n) is 18.1. The third-order valence-electron chi connectivity index (χ3n) is 4.97. The molecule has 2 aromatic carbocycles. The van der Waals surface area contributed by atoms with Crippen molar-refractivity contribution in [3.63, 3.8) is 0 Å². The Hall–Kier alpha value is -4.67. The van der Waals surface area contributed by atoms with Gasteiger partial charge in [-0.3, -0.25) is 19.5 Å². The number of amides is 1. The Morgan fingerprint density at radius 1 is 1.18 bits per heavy atom. The van der Waals surface area contributed by atoms with Crippen molar-refractivity contribution in [2.45, 2.75) is 19.4 Å². The highest BCUT2D eigenvalue weighted by molar-refractivity contribution is 5.91. The van der Waals surface area contributed by atoms with E-state index in [1.54, 1.807) is 49.7 Å². The molecule has 34 heavy (non-hydrogen) atoms. The first-order valence-corrected chi connectivity index (χ1v) is 10.3. The van der Waals surface area contributed by atoms with Crippen molar-refractivity contribution in [3.05, 3.63) is 81.5 Å². The van der Waals surface area contributed by atoms with E-state index < -0.39 is 10.7 Å². The Labute approximate surface area is 192 Å². The van der Waals surface area contributed by atoms with Crippen molar-refractivity contribution >= 4 is 28.4 Å². The van der Waals surface area contributed by atoms with E-state index in [-0.39, 0.29) is 36.0 Å². The first-order valence-electron chi connectivity index (χ1n) is 10.3. The summed E-state index contributed by atoms with van der Waals surface area (Å²) in [6.45, 7) is 0.208. The van der Waals surface area contributed by atoms with E-state index in [4.69, 9.17) is 13.9 Å². The second kappa shape index (κ2) is 9.86. The second-order valence-corrected chi connectivity index (χ2v) is 7.21. The Kier molecular flexibility index (Phi) is 6.53. The first-order chi connectivity index (χ1) is 16.4. The van der Waals surface area contributed by atoms with Gasteiger partial charge in [0.05, 0.1) is 23.6 Å². The number of nitro benzene ring substituents is 1. The number of aryl methyl sites for hydroxylation is 1. The van der Waals surface area contributed by atoms with E-state index in [2.05, 4.69) is 10.3 Å². The number of hydrogen-bond acceptors (Lipinski definition) is 8. The van der Waals surface area contributed by atoms with Crippen LogP contribution in [0.25, 0.3) is 11.1 Å².